The van der Waals surface area contributed by atoms with E-state index in [1.165, 1.54) is 12.3 Å². The molecular weight excluding hydrogens is 390 g/mol. The summed E-state index contributed by atoms with van der Waals surface area (Å²) in [5.41, 5.74) is 2.11. The van der Waals surface area contributed by atoms with Crippen LogP contribution >= 0.6 is 0 Å². The molecule has 29 heavy (non-hydrogen) atoms. The average molecular weight is 418 g/mol. The van der Waals surface area contributed by atoms with E-state index in [9.17, 15) is 13.2 Å². The van der Waals surface area contributed by atoms with Gasteiger partial charge >= 0.3 is 10.1 Å². The summed E-state index contributed by atoms with van der Waals surface area (Å²) in [5.74, 6) is -0.0259. The number of fused-ring (bicyclic) bond motifs is 1. The minimum Gasteiger partial charge on any atom is -0.465 e. The molecule has 0 bridgehead atoms. The highest BCUT2D eigenvalue weighted by Gasteiger charge is 2.43. The second kappa shape index (κ2) is 8.53. The predicted octanol–water partition coefficient (Wildman–Crippen LogP) is 4.54. The van der Waals surface area contributed by atoms with Gasteiger partial charge in [-0.1, -0.05) is 44.9 Å². The molecule has 156 valence electrons. The molecule has 0 saturated heterocycles. The van der Waals surface area contributed by atoms with Crippen molar-refractivity contribution in [1.82, 2.24) is 0 Å². The minimum atomic E-state index is -3.87. The molecule has 1 atom stereocenters. The lowest BCUT2D eigenvalue weighted by Crippen LogP contribution is -2.36. The molecule has 0 aliphatic carbocycles. The van der Waals surface area contributed by atoms with E-state index in [0.717, 1.165) is 55.3 Å². The fraction of sp³-hybridized carbons (Fsp3) is 0.455. The van der Waals surface area contributed by atoms with Gasteiger partial charge in [-0.05, 0) is 30.9 Å². The Balaban J connectivity index is 2.14. The van der Waals surface area contributed by atoms with E-state index in [1.807, 2.05) is 18.2 Å². The Hall–Kier alpha value is -2.41. The average Bonchev–Trinajstić information content (AvgIpc) is 2.96. The van der Waals surface area contributed by atoms with Crippen LogP contribution in [0.1, 0.15) is 57.3 Å². The molecule has 6 nitrogen and oxygen atoms in total. The Kier molecular flexibility index (Phi) is 6.27. The van der Waals surface area contributed by atoms with E-state index in [4.69, 9.17) is 13.6 Å². The summed E-state index contributed by atoms with van der Waals surface area (Å²) in [4.78, 5) is 17.3. The number of rotatable bonds is 9. The summed E-state index contributed by atoms with van der Waals surface area (Å²) >= 11 is 0. The normalized spacial score (nSPS) is 18.4. The number of hydrogen-bond donors (Lipinski definition) is 0. The molecule has 2 aromatic rings. The minimum absolute atomic E-state index is 0.234. The van der Waals surface area contributed by atoms with Crippen LogP contribution in [0.5, 0.6) is 5.75 Å². The van der Waals surface area contributed by atoms with Gasteiger partial charge in [-0.3, -0.25) is 9.79 Å². The first-order valence-electron chi connectivity index (χ1n) is 9.98. The maximum atomic E-state index is 12.4. The first-order valence-corrected chi connectivity index (χ1v) is 11.8. The van der Waals surface area contributed by atoms with Gasteiger partial charge in [-0.2, -0.15) is 8.42 Å². The molecule has 0 spiro atoms. The highest BCUT2D eigenvalue weighted by Crippen LogP contribution is 2.47. The van der Waals surface area contributed by atoms with Gasteiger partial charge in [-0.25, -0.2) is 0 Å². The fourth-order valence-electron chi connectivity index (χ4n) is 4.09. The van der Waals surface area contributed by atoms with Gasteiger partial charge in [0.2, 0.25) is 11.2 Å². The van der Waals surface area contributed by atoms with Crippen LogP contribution in [-0.4, -0.2) is 20.4 Å². The van der Waals surface area contributed by atoms with Crippen LogP contribution in [0.2, 0.25) is 0 Å². The summed E-state index contributed by atoms with van der Waals surface area (Å²) < 4.78 is 34.1. The van der Waals surface area contributed by atoms with Crippen LogP contribution < -0.4 is 9.61 Å². The molecule has 0 N–H and O–H groups in total. The van der Waals surface area contributed by atoms with Gasteiger partial charge < -0.3 is 8.60 Å². The molecule has 1 aromatic carbocycles. The van der Waals surface area contributed by atoms with Crippen molar-refractivity contribution in [2.24, 2.45) is 4.99 Å². The third kappa shape index (κ3) is 4.45. The topological polar surface area (TPSA) is 85.9 Å². The van der Waals surface area contributed by atoms with E-state index in [0.29, 0.717) is 6.42 Å². The lowest BCUT2D eigenvalue weighted by atomic mass is 9.70. The SMILES string of the molecule is CCCCC1=Nc2ccccc2[C@@]1(CCC)Cc1occc(=O)c1OS(C)(=O)=O. The Bertz CT molecular complexity index is 1070. The van der Waals surface area contributed by atoms with Crippen molar-refractivity contribution in [2.75, 3.05) is 6.26 Å². The van der Waals surface area contributed by atoms with Gasteiger partial charge in [-0.15, -0.1) is 0 Å². The van der Waals surface area contributed by atoms with Crippen molar-refractivity contribution >= 4 is 21.5 Å². The van der Waals surface area contributed by atoms with Crippen LogP contribution in [0, 0.1) is 0 Å². The summed E-state index contributed by atoms with van der Waals surface area (Å²) in [6.07, 6.45) is 7.12. The van der Waals surface area contributed by atoms with Gasteiger partial charge in [0.15, 0.2) is 5.76 Å². The van der Waals surface area contributed by atoms with Crippen LogP contribution in [0.3, 0.4) is 0 Å². The van der Waals surface area contributed by atoms with Crippen molar-refractivity contribution in [1.29, 1.82) is 0 Å². The molecule has 0 fully saturated rings. The van der Waals surface area contributed by atoms with Gasteiger partial charge in [0.1, 0.15) is 0 Å². The summed E-state index contributed by atoms with van der Waals surface area (Å²) in [6, 6.07) is 9.17. The standard InChI is InChI=1S/C22H27NO5S/c1-4-6-11-20-22(13-5-2,16-9-7-8-10-17(16)23-20)15-19-21(28-29(3,25)26)18(24)12-14-27-19/h7-10,12,14H,4-6,11,13,15H2,1-3H3/t22-/m1/s1. The third-order valence-electron chi connectivity index (χ3n) is 5.28. The molecule has 3 rings (SSSR count). The van der Waals surface area contributed by atoms with Crippen LogP contribution in [0.4, 0.5) is 5.69 Å². The van der Waals surface area contributed by atoms with Crippen molar-refractivity contribution in [3.63, 3.8) is 0 Å². The third-order valence-corrected chi connectivity index (χ3v) is 5.74. The summed E-state index contributed by atoms with van der Waals surface area (Å²) in [7, 11) is -3.87. The summed E-state index contributed by atoms with van der Waals surface area (Å²) in [5, 5.41) is 0. The molecule has 7 heteroatoms. The monoisotopic (exact) mass is 417 g/mol. The molecule has 0 radical (unpaired) electrons. The van der Waals surface area contributed by atoms with Crippen molar-refractivity contribution in [2.45, 2.75) is 57.8 Å². The van der Waals surface area contributed by atoms with E-state index < -0.39 is 21.0 Å². The van der Waals surface area contributed by atoms with Gasteiger partial charge in [0.05, 0.1) is 18.2 Å². The largest absolute Gasteiger partial charge is 0.465 e. The zero-order valence-electron chi connectivity index (χ0n) is 17.1. The highest BCUT2D eigenvalue weighted by molar-refractivity contribution is 7.86. The first kappa shape index (κ1) is 21.3. The second-order valence-corrected chi connectivity index (χ2v) is 9.09. The van der Waals surface area contributed by atoms with Crippen LogP contribution in [-0.2, 0) is 22.0 Å². The van der Waals surface area contributed by atoms with Crippen molar-refractivity contribution < 1.29 is 17.0 Å². The first-order chi connectivity index (χ1) is 13.8. The molecular formula is C22H27NO5S. The van der Waals surface area contributed by atoms with E-state index in [-0.39, 0.29) is 11.5 Å². The quantitative estimate of drug-likeness (QED) is 0.559. The lowest BCUT2D eigenvalue weighted by molar-refractivity contribution is 0.393. The smallest absolute Gasteiger partial charge is 0.306 e. The zero-order chi connectivity index (χ0) is 21.1. The molecule has 2 heterocycles. The number of unbranched alkanes of at least 4 members (excludes halogenated alkanes) is 1. The molecule has 0 amide bonds. The molecule has 0 saturated carbocycles. The molecule has 1 aliphatic heterocycles. The number of nitrogens with zero attached hydrogens (tertiary/aromatic N) is 1. The Morgan fingerprint density at radius 2 is 1.90 bits per heavy atom. The second-order valence-electron chi connectivity index (χ2n) is 7.51. The van der Waals surface area contributed by atoms with E-state index in [1.54, 1.807) is 0 Å². The number of para-hydroxylation sites is 1. The van der Waals surface area contributed by atoms with Gasteiger partial charge in [0.25, 0.3) is 0 Å². The Morgan fingerprint density at radius 1 is 1.14 bits per heavy atom. The van der Waals surface area contributed by atoms with Crippen molar-refractivity contribution in [3.8, 4) is 5.75 Å². The Morgan fingerprint density at radius 3 is 2.59 bits per heavy atom. The fourth-order valence-corrected chi connectivity index (χ4v) is 4.57. The Labute approximate surface area is 171 Å². The molecule has 1 aromatic heterocycles. The summed E-state index contributed by atoms with van der Waals surface area (Å²) in [6.45, 7) is 4.24. The number of hydrogen-bond acceptors (Lipinski definition) is 6. The maximum Gasteiger partial charge on any atom is 0.306 e. The van der Waals surface area contributed by atoms with Crippen LogP contribution in [0.25, 0.3) is 0 Å². The van der Waals surface area contributed by atoms with Gasteiger partial charge in [0, 0.05) is 23.6 Å². The highest BCUT2D eigenvalue weighted by atomic mass is 32.2. The van der Waals surface area contributed by atoms with Crippen molar-refractivity contribution in [3.05, 3.63) is 58.1 Å². The molecule has 1 aliphatic rings. The van der Waals surface area contributed by atoms with E-state index in [2.05, 4.69) is 19.9 Å². The number of benzene rings is 1. The zero-order valence-corrected chi connectivity index (χ0v) is 17.9. The van der Waals surface area contributed by atoms with E-state index >= 15 is 0 Å². The maximum absolute atomic E-state index is 12.4. The van der Waals surface area contributed by atoms with Crippen LogP contribution in [0.15, 0.2) is 50.8 Å². The predicted molar refractivity (Wildman–Crippen MR) is 114 cm³/mol. The lowest BCUT2D eigenvalue weighted by Gasteiger charge is -2.32. The molecule has 0 unspecified atom stereocenters. The number of aliphatic imine (C=N–C) groups is 1.